The van der Waals surface area contributed by atoms with Crippen LogP contribution in [0.15, 0.2) is 22.0 Å². The molecular formula is C15H22N2O3S2. The van der Waals surface area contributed by atoms with Crippen molar-refractivity contribution < 1.29 is 13.5 Å². The molecule has 122 valence electrons. The van der Waals surface area contributed by atoms with Crippen molar-refractivity contribution in [3.05, 3.63) is 17.7 Å². The molecule has 0 aromatic heterocycles. The number of benzene rings is 1. The maximum absolute atomic E-state index is 12.6. The summed E-state index contributed by atoms with van der Waals surface area (Å²) in [5.74, 6) is 0.352. The summed E-state index contributed by atoms with van der Waals surface area (Å²) in [6.45, 7) is 8.36. The largest absolute Gasteiger partial charge is 0.507 e. The highest BCUT2D eigenvalue weighted by atomic mass is 32.2. The molecule has 2 N–H and O–H groups in total. The Hall–Kier alpha value is -1.34. The number of rotatable bonds is 4. The van der Waals surface area contributed by atoms with Crippen molar-refractivity contribution >= 4 is 38.5 Å². The monoisotopic (exact) mass is 342 g/mol. The summed E-state index contributed by atoms with van der Waals surface area (Å²) in [4.78, 5) is 3.96. The number of nitrogens with zero attached hydrogens (tertiary/aromatic N) is 1. The lowest BCUT2D eigenvalue weighted by Crippen LogP contribution is -2.28. The minimum Gasteiger partial charge on any atom is -0.507 e. The lowest BCUT2D eigenvalue weighted by molar-refractivity contribution is 0.456. The molecule has 0 atom stereocenters. The van der Waals surface area contributed by atoms with Crippen molar-refractivity contribution in [3.63, 3.8) is 0 Å². The Bertz CT molecular complexity index is 702. The number of aliphatic imine (C=N–C) groups is 1. The lowest BCUT2D eigenvalue weighted by atomic mass is 10.2. The molecule has 1 aromatic rings. The van der Waals surface area contributed by atoms with Crippen LogP contribution >= 0.6 is 11.8 Å². The molecule has 5 nitrogen and oxygen atoms in total. The van der Waals surface area contributed by atoms with E-state index in [-0.39, 0.29) is 15.7 Å². The molecule has 0 amide bonds. The lowest BCUT2D eigenvalue weighted by Gasteiger charge is -2.21. The normalized spacial score (nSPS) is 12.8. The number of thioether (sulfide) groups is 1. The summed E-state index contributed by atoms with van der Waals surface area (Å²) in [6.07, 6.45) is 1.54. The SMILES string of the molecule is C/C=N\c1cc(O)c(S(=O)(=O)C(C)(C)C)cc1C(=N)SCC. The van der Waals surface area contributed by atoms with Crippen LogP contribution in [0.4, 0.5) is 5.69 Å². The molecule has 1 rings (SSSR count). The molecule has 0 fully saturated rings. The number of sulfone groups is 1. The van der Waals surface area contributed by atoms with Gasteiger partial charge in [0.05, 0.1) is 15.5 Å². The Morgan fingerprint density at radius 1 is 1.41 bits per heavy atom. The van der Waals surface area contributed by atoms with Crippen LogP contribution in [-0.4, -0.2) is 35.3 Å². The van der Waals surface area contributed by atoms with Crippen molar-refractivity contribution in [2.75, 3.05) is 5.75 Å². The first kappa shape index (κ1) is 18.7. The van der Waals surface area contributed by atoms with Gasteiger partial charge in [-0.1, -0.05) is 6.92 Å². The number of hydrogen-bond donors (Lipinski definition) is 2. The molecule has 22 heavy (non-hydrogen) atoms. The van der Waals surface area contributed by atoms with Gasteiger partial charge < -0.3 is 5.11 Å². The third-order valence-electron chi connectivity index (χ3n) is 2.97. The highest BCUT2D eigenvalue weighted by molar-refractivity contribution is 8.14. The molecule has 0 heterocycles. The minimum absolute atomic E-state index is 0.161. The standard InChI is InChI=1S/C15H22N2O3S2/c1-6-17-11-9-12(18)13(22(19,20)15(3,4)5)8-10(11)14(16)21-7-2/h6,8-9,16,18H,7H2,1-5H3/b16-14?,17-6-. The quantitative estimate of drug-likeness (QED) is 0.644. The van der Waals surface area contributed by atoms with E-state index in [2.05, 4.69) is 4.99 Å². The van der Waals surface area contributed by atoms with E-state index in [0.29, 0.717) is 17.0 Å². The first-order chi connectivity index (χ1) is 10.1. The average molecular weight is 342 g/mol. The fraction of sp³-hybridized carbons (Fsp3) is 0.467. The van der Waals surface area contributed by atoms with Gasteiger partial charge in [0.25, 0.3) is 0 Å². The van der Waals surface area contributed by atoms with Crippen molar-refractivity contribution in [2.24, 2.45) is 4.99 Å². The summed E-state index contributed by atoms with van der Waals surface area (Å²) in [5, 5.41) is 18.4. The second-order valence-electron chi connectivity index (χ2n) is 5.60. The highest BCUT2D eigenvalue weighted by Gasteiger charge is 2.34. The molecule has 0 bridgehead atoms. The first-order valence-corrected chi connectivity index (χ1v) is 9.35. The first-order valence-electron chi connectivity index (χ1n) is 6.88. The zero-order chi connectivity index (χ0) is 17.1. The van der Waals surface area contributed by atoms with E-state index >= 15 is 0 Å². The fourth-order valence-electron chi connectivity index (χ4n) is 1.75. The summed E-state index contributed by atoms with van der Waals surface area (Å²) in [7, 11) is -3.72. The van der Waals surface area contributed by atoms with Crippen LogP contribution in [0, 0.1) is 5.41 Å². The number of phenols is 1. The van der Waals surface area contributed by atoms with Gasteiger partial charge in [-0.15, -0.1) is 11.8 Å². The second-order valence-corrected chi connectivity index (χ2v) is 9.55. The van der Waals surface area contributed by atoms with E-state index < -0.39 is 14.6 Å². The van der Waals surface area contributed by atoms with E-state index in [4.69, 9.17) is 5.41 Å². The van der Waals surface area contributed by atoms with Crippen LogP contribution in [0.25, 0.3) is 0 Å². The summed E-state index contributed by atoms with van der Waals surface area (Å²) < 4.78 is 24.2. The zero-order valence-electron chi connectivity index (χ0n) is 13.5. The Kier molecular flexibility index (Phi) is 5.81. The van der Waals surface area contributed by atoms with Crippen LogP contribution in [0.2, 0.25) is 0 Å². The van der Waals surface area contributed by atoms with Gasteiger partial charge in [0.2, 0.25) is 0 Å². The molecule has 0 saturated heterocycles. The molecule has 0 aliphatic rings. The Balaban J connectivity index is 3.64. The number of aromatic hydroxyl groups is 1. The summed E-state index contributed by atoms with van der Waals surface area (Å²) >= 11 is 1.29. The van der Waals surface area contributed by atoms with Gasteiger partial charge in [-0.3, -0.25) is 10.4 Å². The maximum Gasteiger partial charge on any atom is 0.186 e. The summed E-state index contributed by atoms with van der Waals surface area (Å²) in [6, 6.07) is 2.65. The van der Waals surface area contributed by atoms with Gasteiger partial charge in [-0.25, -0.2) is 8.42 Å². The van der Waals surface area contributed by atoms with Crippen LogP contribution < -0.4 is 0 Å². The van der Waals surface area contributed by atoms with Crippen molar-refractivity contribution in [2.45, 2.75) is 44.3 Å². The smallest absolute Gasteiger partial charge is 0.186 e. The van der Waals surface area contributed by atoms with E-state index in [1.807, 2.05) is 6.92 Å². The zero-order valence-corrected chi connectivity index (χ0v) is 15.1. The van der Waals surface area contributed by atoms with Crippen molar-refractivity contribution in [1.29, 1.82) is 5.41 Å². The van der Waals surface area contributed by atoms with Gasteiger partial charge in [-0.05, 0) is 39.5 Å². The van der Waals surface area contributed by atoms with Crippen LogP contribution in [0.1, 0.15) is 40.2 Å². The molecule has 7 heteroatoms. The van der Waals surface area contributed by atoms with Gasteiger partial charge in [0.15, 0.2) is 9.84 Å². The molecule has 0 aliphatic heterocycles. The van der Waals surface area contributed by atoms with E-state index in [1.54, 1.807) is 33.9 Å². The molecule has 1 aromatic carbocycles. The Labute approximate surface area is 136 Å². The molecule has 0 unspecified atom stereocenters. The predicted molar refractivity (Wildman–Crippen MR) is 93.8 cm³/mol. The van der Waals surface area contributed by atoms with E-state index in [0.717, 1.165) is 0 Å². The van der Waals surface area contributed by atoms with E-state index in [9.17, 15) is 13.5 Å². The third kappa shape index (κ3) is 3.70. The third-order valence-corrected chi connectivity index (χ3v) is 6.29. The number of nitrogens with one attached hydrogen (secondary N) is 1. The van der Waals surface area contributed by atoms with Crippen LogP contribution in [-0.2, 0) is 9.84 Å². The van der Waals surface area contributed by atoms with Crippen molar-refractivity contribution in [1.82, 2.24) is 0 Å². The summed E-state index contributed by atoms with van der Waals surface area (Å²) in [5.41, 5.74) is 0.796. The fourth-order valence-corrected chi connectivity index (χ4v) is 3.63. The minimum atomic E-state index is -3.72. The van der Waals surface area contributed by atoms with Crippen molar-refractivity contribution in [3.8, 4) is 5.75 Å². The number of phenolic OH excluding ortho intramolecular Hbond substituents is 1. The molecular weight excluding hydrogens is 320 g/mol. The van der Waals surface area contributed by atoms with Crippen LogP contribution in [0.5, 0.6) is 5.75 Å². The molecule has 0 aliphatic carbocycles. The average Bonchev–Trinajstić information content (AvgIpc) is 2.37. The Morgan fingerprint density at radius 3 is 2.45 bits per heavy atom. The number of hydrogen-bond acceptors (Lipinski definition) is 6. The Morgan fingerprint density at radius 2 is 2.00 bits per heavy atom. The van der Waals surface area contributed by atoms with Gasteiger partial charge >= 0.3 is 0 Å². The molecule has 0 spiro atoms. The highest BCUT2D eigenvalue weighted by Crippen LogP contribution is 2.37. The topological polar surface area (TPSA) is 90.6 Å². The van der Waals surface area contributed by atoms with Gasteiger partial charge in [0.1, 0.15) is 10.6 Å². The van der Waals surface area contributed by atoms with E-state index in [1.165, 1.54) is 23.9 Å². The van der Waals surface area contributed by atoms with Gasteiger partial charge in [0, 0.05) is 17.8 Å². The van der Waals surface area contributed by atoms with Crippen LogP contribution in [0.3, 0.4) is 0 Å². The van der Waals surface area contributed by atoms with Gasteiger partial charge in [-0.2, -0.15) is 0 Å². The second kappa shape index (κ2) is 6.83. The predicted octanol–water partition coefficient (Wildman–Crippen LogP) is 3.77. The molecule has 0 radical (unpaired) electrons. The molecule has 0 saturated carbocycles. The maximum atomic E-state index is 12.6.